The number of imidazole rings is 1. The number of nitrogens with zero attached hydrogens (tertiary/aromatic N) is 6. The molecule has 4 rings (SSSR count). The highest BCUT2D eigenvalue weighted by Gasteiger charge is 2.17. The van der Waals surface area contributed by atoms with Crippen molar-refractivity contribution in [3.63, 3.8) is 0 Å². The van der Waals surface area contributed by atoms with Gasteiger partial charge in [0.2, 0.25) is 5.28 Å². The third-order valence-electron chi connectivity index (χ3n) is 5.59. The molecule has 0 saturated heterocycles. The molecule has 3 aromatic heterocycles. The number of nitroso groups, excluding NO2 is 1. The molecule has 0 saturated carbocycles. The SMILES string of the molecule is CCCCn1c(=O)n(CCCCc2noc(-c3ccc(N=O)c(OC)c3)n2)c(=O)c2[nH]c(Cl)nc21. The van der Waals surface area contributed by atoms with E-state index >= 15 is 0 Å². The quantitative estimate of drug-likeness (QED) is 0.185. The van der Waals surface area contributed by atoms with Crippen LogP contribution in [0.5, 0.6) is 5.75 Å². The van der Waals surface area contributed by atoms with E-state index in [2.05, 4.69) is 25.3 Å². The van der Waals surface area contributed by atoms with E-state index in [-0.39, 0.29) is 34.6 Å². The molecule has 0 atom stereocenters. The van der Waals surface area contributed by atoms with Gasteiger partial charge in [-0.05, 0) is 54.2 Å². The van der Waals surface area contributed by atoms with Crippen LogP contribution in [0.1, 0.15) is 38.4 Å². The molecular formula is C22H24ClN7O5. The number of fused-ring (bicyclic) bond motifs is 1. The van der Waals surface area contributed by atoms with Gasteiger partial charge in [-0.3, -0.25) is 13.9 Å². The second-order valence-corrected chi connectivity index (χ2v) is 8.28. The molecule has 13 heteroatoms. The number of aromatic nitrogens is 6. The van der Waals surface area contributed by atoms with Gasteiger partial charge in [-0.1, -0.05) is 18.5 Å². The molecule has 0 amide bonds. The molecule has 0 radical (unpaired) electrons. The van der Waals surface area contributed by atoms with Crippen molar-refractivity contribution in [1.82, 2.24) is 29.2 Å². The lowest BCUT2D eigenvalue weighted by atomic mass is 10.2. The summed E-state index contributed by atoms with van der Waals surface area (Å²) < 4.78 is 13.2. The first-order chi connectivity index (χ1) is 17.0. The number of hydrogen-bond donors (Lipinski definition) is 1. The molecule has 0 aliphatic rings. The molecule has 1 N–H and O–H groups in total. The molecule has 0 spiro atoms. The minimum atomic E-state index is -0.443. The monoisotopic (exact) mass is 501 g/mol. The van der Waals surface area contributed by atoms with E-state index in [0.29, 0.717) is 42.9 Å². The normalized spacial score (nSPS) is 11.3. The van der Waals surface area contributed by atoms with Crippen molar-refractivity contribution in [2.24, 2.45) is 5.18 Å². The van der Waals surface area contributed by atoms with E-state index in [9.17, 15) is 14.5 Å². The fraction of sp³-hybridized carbons (Fsp3) is 0.409. The van der Waals surface area contributed by atoms with Crippen molar-refractivity contribution in [1.29, 1.82) is 0 Å². The van der Waals surface area contributed by atoms with E-state index in [1.807, 2.05) is 6.92 Å². The number of methoxy groups -OCH3 is 1. The predicted octanol–water partition coefficient (Wildman–Crippen LogP) is 3.82. The summed E-state index contributed by atoms with van der Waals surface area (Å²) in [6, 6.07) is 4.76. The summed E-state index contributed by atoms with van der Waals surface area (Å²) in [5.41, 5.74) is 0.431. The summed E-state index contributed by atoms with van der Waals surface area (Å²) in [7, 11) is 1.44. The zero-order chi connectivity index (χ0) is 24.9. The maximum absolute atomic E-state index is 13.0. The lowest BCUT2D eigenvalue weighted by molar-refractivity contribution is 0.412. The summed E-state index contributed by atoms with van der Waals surface area (Å²) in [5, 5.41) is 6.96. The first-order valence-electron chi connectivity index (χ1n) is 11.2. The van der Waals surface area contributed by atoms with Crippen LogP contribution in [0.3, 0.4) is 0 Å². The minimum Gasteiger partial charge on any atom is -0.494 e. The second-order valence-electron chi connectivity index (χ2n) is 7.92. The molecule has 0 aliphatic heterocycles. The molecule has 0 fully saturated rings. The lowest BCUT2D eigenvalue weighted by Gasteiger charge is -2.10. The number of aromatic amines is 1. The summed E-state index contributed by atoms with van der Waals surface area (Å²) in [6.45, 7) is 2.71. The fourth-order valence-corrected chi connectivity index (χ4v) is 3.94. The number of H-pyrrole nitrogens is 1. The Hall–Kier alpha value is -3.80. The number of halogens is 1. The van der Waals surface area contributed by atoms with Crippen LogP contribution < -0.4 is 16.0 Å². The summed E-state index contributed by atoms with van der Waals surface area (Å²) in [6.07, 6.45) is 3.33. The van der Waals surface area contributed by atoms with Crippen LogP contribution in [-0.4, -0.2) is 36.4 Å². The fourth-order valence-electron chi connectivity index (χ4n) is 3.77. The topological polar surface area (TPSA) is 150 Å². The number of benzene rings is 1. The smallest absolute Gasteiger partial charge is 0.332 e. The van der Waals surface area contributed by atoms with Gasteiger partial charge in [-0.25, -0.2) is 4.79 Å². The molecule has 4 aromatic rings. The van der Waals surface area contributed by atoms with Crippen molar-refractivity contribution in [2.75, 3.05) is 7.11 Å². The number of rotatable bonds is 11. The van der Waals surface area contributed by atoms with Crippen molar-refractivity contribution in [3.8, 4) is 17.2 Å². The molecule has 35 heavy (non-hydrogen) atoms. The first kappa shape index (κ1) is 24.3. The number of unbranched alkanes of at least 4 members (excludes halogenated alkanes) is 2. The van der Waals surface area contributed by atoms with Gasteiger partial charge in [-0.15, -0.1) is 4.91 Å². The zero-order valence-electron chi connectivity index (χ0n) is 19.3. The molecule has 184 valence electrons. The van der Waals surface area contributed by atoms with Crippen molar-refractivity contribution in [3.05, 3.63) is 55.1 Å². The predicted molar refractivity (Wildman–Crippen MR) is 129 cm³/mol. The second kappa shape index (κ2) is 10.6. The Morgan fingerprint density at radius 3 is 2.69 bits per heavy atom. The van der Waals surface area contributed by atoms with Gasteiger partial charge in [0.05, 0.1) is 7.11 Å². The number of nitrogens with one attached hydrogen (secondary N) is 1. The van der Waals surface area contributed by atoms with Gasteiger partial charge in [0, 0.05) is 25.1 Å². The number of hydrogen-bond acceptors (Lipinski definition) is 9. The number of ether oxygens (including phenoxy) is 1. The van der Waals surface area contributed by atoms with Crippen LogP contribution in [0.2, 0.25) is 5.28 Å². The van der Waals surface area contributed by atoms with Crippen molar-refractivity contribution in [2.45, 2.75) is 52.1 Å². The lowest BCUT2D eigenvalue weighted by Crippen LogP contribution is -2.40. The van der Waals surface area contributed by atoms with Crippen molar-refractivity contribution >= 4 is 28.5 Å². The Morgan fingerprint density at radius 2 is 1.94 bits per heavy atom. The number of aryl methyl sites for hydroxylation is 2. The minimum absolute atomic E-state index is 0.0714. The Bertz CT molecular complexity index is 1470. The van der Waals surface area contributed by atoms with Crippen LogP contribution in [0.25, 0.3) is 22.6 Å². The molecule has 1 aromatic carbocycles. The Balaban J connectivity index is 1.45. The van der Waals surface area contributed by atoms with E-state index in [4.69, 9.17) is 20.9 Å². The summed E-state index contributed by atoms with van der Waals surface area (Å²) in [4.78, 5) is 47.9. The Morgan fingerprint density at radius 1 is 1.14 bits per heavy atom. The molecular weight excluding hydrogens is 478 g/mol. The summed E-state index contributed by atoms with van der Waals surface area (Å²) in [5.74, 6) is 1.08. The van der Waals surface area contributed by atoms with Gasteiger partial charge in [0.15, 0.2) is 17.0 Å². The Kier molecular flexibility index (Phi) is 7.39. The van der Waals surface area contributed by atoms with Crippen LogP contribution in [-0.2, 0) is 19.5 Å². The molecule has 0 bridgehead atoms. The molecule has 0 aliphatic carbocycles. The van der Waals surface area contributed by atoms with Crippen LogP contribution in [0.15, 0.2) is 37.5 Å². The standard InChI is InChI=1S/C22H24ClN7O5/c1-3-4-10-29-18-17(25-21(23)26-18)20(31)30(22(29)32)11-6-5-7-16-24-19(35-28-16)13-8-9-14(27-33)15(12-13)34-2/h8-9,12H,3-7,10-11H2,1-2H3,(H,25,26). The Labute approximate surface area is 203 Å². The molecule has 12 nitrogen and oxygen atoms in total. The average Bonchev–Trinajstić information content (AvgIpc) is 3.49. The van der Waals surface area contributed by atoms with Gasteiger partial charge in [0.25, 0.3) is 11.4 Å². The maximum atomic E-state index is 13.0. The highest BCUT2D eigenvalue weighted by Crippen LogP contribution is 2.31. The van der Waals surface area contributed by atoms with Crippen molar-refractivity contribution < 1.29 is 9.26 Å². The van der Waals surface area contributed by atoms with Crippen LogP contribution in [0.4, 0.5) is 5.69 Å². The third-order valence-corrected chi connectivity index (χ3v) is 5.77. The largest absolute Gasteiger partial charge is 0.494 e. The van der Waals surface area contributed by atoms with Gasteiger partial charge in [0.1, 0.15) is 11.4 Å². The molecule has 3 heterocycles. The van der Waals surface area contributed by atoms with E-state index in [1.54, 1.807) is 12.1 Å². The summed E-state index contributed by atoms with van der Waals surface area (Å²) >= 11 is 5.96. The zero-order valence-corrected chi connectivity index (χ0v) is 20.0. The maximum Gasteiger partial charge on any atom is 0.332 e. The van der Waals surface area contributed by atoms with E-state index in [0.717, 1.165) is 12.8 Å². The van der Waals surface area contributed by atoms with Crippen LogP contribution >= 0.6 is 11.6 Å². The highest BCUT2D eigenvalue weighted by molar-refractivity contribution is 6.28. The first-order valence-corrected chi connectivity index (χ1v) is 11.6. The van der Waals surface area contributed by atoms with Gasteiger partial charge in [-0.2, -0.15) is 9.97 Å². The average molecular weight is 502 g/mol. The van der Waals surface area contributed by atoms with Gasteiger partial charge < -0.3 is 14.2 Å². The third kappa shape index (κ3) is 5.02. The van der Waals surface area contributed by atoms with Crippen LogP contribution in [0, 0.1) is 4.91 Å². The molecule has 0 unspecified atom stereocenters. The highest BCUT2D eigenvalue weighted by atomic mass is 35.5. The van der Waals surface area contributed by atoms with E-state index in [1.165, 1.54) is 22.3 Å². The van der Waals surface area contributed by atoms with E-state index < -0.39 is 11.2 Å². The van der Waals surface area contributed by atoms with Gasteiger partial charge >= 0.3 is 5.69 Å².